The number of carbonyl (C=O) groups excluding carboxylic acids is 2. The highest BCUT2D eigenvalue weighted by Crippen LogP contribution is 2.40. The van der Waals surface area contributed by atoms with Gasteiger partial charge in [0.2, 0.25) is 0 Å². The maximum absolute atomic E-state index is 13.0. The fourth-order valence-electron chi connectivity index (χ4n) is 3.91. The van der Waals surface area contributed by atoms with E-state index in [0.29, 0.717) is 22.7 Å². The summed E-state index contributed by atoms with van der Waals surface area (Å²) in [5.74, 6) is -1.89. The number of amides is 1. The van der Waals surface area contributed by atoms with Gasteiger partial charge >= 0.3 is 0 Å². The summed E-state index contributed by atoms with van der Waals surface area (Å²) >= 11 is 5.93. The van der Waals surface area contributed by atoms with Crippen LogP contribution < -0.4 is 17.3 Å². The lowest BCUT2D eigenvalue weighted by Gasteiger charge is -2.26. The molecule has 1 unspecified atom stereocenters. The SMILES string of the molecule is CC[NH+](CC)CCN1C(=O)C(=O)/C(=C(\O)c2ccc(Cl)cc2)C1c1cccc([N+](=O)[O-])c1.[Cl-]. The number of carbonyl (C=O) groups is 2. The fourth-order valence-corrected chi connectivity index (χ4v) is 4.04. The van der Waals surface area contributed by atoms with Gasteiger partial charge in [0.1, 0.15) is 5.76 Å². The largest absolute Gasteiger partial charge is 1.00 e. The van der Waals surface area contributed by atoms with Crippen molar-refractivity contribution < 1.29 is 36.9 Å². The Morgan fingerprint density at radius 1 is 1.15 bits per heavy atom. The average Bonchev–Trinajstić information content (AvgIpc) is 3.04. The number of halogens is 2. The molecule has 8 nitrogen and oxygen atoms in total. The summed E-state index contributed by atoms with van der Waals surface area (Å²) in [7, 11) is 0. The Bertz CT molecular complexity index is 1070. The Balaban J connectivity index is 0.00000385. The van der Waals surface area contributed by atoms with Crippen LogP contribution in [-0.4, -0.2) is 52.8 Å². The van der Waals surface area contributed by atoms with E-state index in [9.17, 15) is 24.8 Å². The van der Waals surface area contributed by atoms with Crippen molar-refractivity contribution in [3.8, 4) is 0 Å². The molecule has 1 fully saturated rings. The van der Waals surface area contributed by atoms with Crippen LogP contribution in [0.5, 0.6) is 0 Å². The second-order valence-corrected chi connectivity index (χ2v) is 8.00. The first-order valence-corrected chi connectivity index (χ1v) is 10.8. The van der Waals surface area contributed by atoms with Crippen LogP contribution in [0.1, 0.15) is 31.0 Å². The zero-order valence-corrected chi connectivity index (χ0v) is 19.8. The number of nitro benzene ring substituents is 1. The van der Waals surface area contributed by atoms with Crippen LogP contribution in [0, 0.1) is 10.1 Å². The quantitative estimate of drug-likeness (QED) is 0.171. The van der Waals surface area contributed by atoms with Crippen LogP contribution in [0.3, 0.4) is 0 Å². The summed E-state index contributed by atoms with van der Waals surface area (Å²) in [5.41, 5.74) is 0.474. The summed E-state index contributed by atoms with van der Waals surface area (Å²) in [5, 5.41) is 22.8. The van der Waals surface area contributed by atoms with Gasteiger partial charge < -0.3 is 27.3 Å². The maximum Gasteiger partial charge on any atom is 0.295 e. The van der Waals surface area contributed by atoms with Gasteiger partial charge in [0.25, 0.3) is 17.4 Å². The van der Waals surface area contributed by atoms with Gasteiger partial charge in [-0.1, -0.05) is 23.7 Å². The number of non-ortho nitro benzene ring substituents is 1. The van der Waals surface area contributed by atoms with Gasteiger partial charge in [-0.2, -0.15) is 0 Å². The lowest BCUT2D eigenvalue weighted by Crippen LogP contribution is -3.12. The number of nitrogens with zero attached hydrogens (tertiary/aromatic N) is 2. The molecular formula is C23H25Cl2N3O5. The minimum atomic E-state index is -0.930. The number of rotatable bonds is 8. The van der Waals surface area contributed by atoms with Crippen molar-refractivity contribution in [3.63, 3.8) is 0 Å². The number of hydrogen-bond donors (Lipinski definition) is 2. The van der Waals surface area contributed by atoms with Crippen molar-refractivity contribution in [3.05, 3.63) is 80.4 Å². The molecule has 2 N–H and O–H groups in total. The van der Waals surface area contributed by atoms with Crippen molar-refractivity contribution in [2.24, 2.45) is 0 Å². The lowest BCUT2D eigenvalue weighted by molar-refractivity contribution is -0.895. The number of aliphatic hydroxyl groups excluding tert-OH is 1. The number of ketones is 1. The number of likely N-dealkylation sites (N-methyl/N-ethyl adjacent to an activating group) is 1. The second-order valence-electron chi connectivity index (χ2n) is 7.56. The van der Waals surface area contributed by atoms with Gasteiger partial charge in [-0.15, -0.1) is 0 Å². The molecule has 10 heteroatoms. The Hall–Kier alpha value is -2.94. The number of benzene rings is 2. The Kier molecular flexibility index (Phi) is 8.99. The molecule has 1 saturated heterocycles. The van der Waals surface area contributed by atoms with E-state index in [4.69, 9.17) is 11.6 Å². The van der Waals surface area contributed by atoms with Crippen molar-refractivity contribution in [1.29, 1.82) is 0 Å². The summed E-state index contributed by atoms with van der Waals surface area (Å²) in [4.78, 5) is 39.4. The topological polar surface area (TPSA) is 105 Å². The molecule has 2 aromatic rings. The molecular weight excluding hydrogens is 469 g/mol. The highest BCUT2D eigenvalue weighted by molar-refractivity contribution is 6.46. The number of nitrogens with one attached hydrogen (secondary N) is 1. The summed E-state index contributed by atoms with van der Waals surface area (Å²) in [6, 6.07) is 11.1. The molecule has 0 bridgehead atoms. The molecule has 1 atom stereocenters. The number of nitro groups is 1. The molecule has 0 aromatic heterocycles. The molecule has 176 valence electrons. The first kappa shape index (κ1) is 26.3. The van der Waals surface area contributed by atoms with Crippen LogP contribution in [0.4, 0.5) is 5.69 Å². The van der Waals surface area contributed by atoms with Crippen LogP contribution in [0.15, 0.2) is 54.1 Å². The number of hydrogen-bond acceptors (Lipinski definition) is 5. The van der Waals surface area contributed by atoms with E-state index in [2.05, 4.69) is 0 Å². The smallest absolute Gasteiger partial charge is 0.295 e. The Labute approximate surface area is 203 Å². The average molecular weight is 494 g/mol. The zero-order valence-electron chi connectivity index (χ0n) is 18.3. The van der Waals surface area contributed by atoms with Gasteiger partial charge in [-0.25, -0.2) is 0 Å². The van der Waals surface area contributed by atoms with E-state index in [-0.39, 0.29) is 36.0 Å². The third kappa shape index (κ3) is 5.52. The van der Waals surface area contributed by atoms with Crippen LogP contribution in [-0.2, 0) is 9.59 Å². The number of likely N-dealkylation sites (tertiary alicyclic amines) is 1. The Morgan fingerprint density at radius 3 is 2.36 bits per heavy atom. The monoisotopic (exact) mass is 493 g/mol. The van der Waals surface area contributed by atoms with E-state index < -0.39 is 22.7 Å². The summed E-state index contributed by atoms with van der Waals surface area (Å²) < 4.78 is 0. The van der Waals surface area contributed by atoms with Crippen molar-refractivity contribution in [1.82, 2.24) is 4.90 Å². The minimum absolute atomic E-state index is 0. The van der Waals surface area contributed by atoms with Gasteiger partial charge in [-0.05, 0) is 43.7 Å². The highest BCUT2D eigenvalue weighted by atomic mass is 35.5. The van der Waals surface area contributed by atoms with Gasteiger partial charge in [0, 0.05) is 22.7 Å². The highest BCUT2D eigenvalue weighted by Gasteiger charge is 2.46. The van der Waals surface area contributed by atoms with Crippen LogP contribution in [0.25, 0.3) is 5.76 Å². The van der Waals surface area contributed by atoms with E-state index in [1.54, 1.807) is 30.3 Å². The van der Waals surface area contributed by atoms with Crippen LogP contribution >= 0.6 is 11.6 Å². The van der Waals surface area contributed by atoms with Gasteiger partial charge in [-0.3, -0.25) is 19.7 Å². The molecule has 3 rings (SSSR count). The fraction of sp³-hybridized carbons (Fsp3) is 0.304. The lowest BCUT2D eigenvalue weighted by atomic mass is 9.95. The third-order valence-corrected chi connectivity index (χ3v) is 6.01. The first-order chi connectivity index (χ1) is 15.3. The van der Waals surface area contributed by atoms with Gasteiger partial charge in [0.15, 0.2) is 0 Å². The molecule has 0 spiro atoms. The molecule has 2 aromatic carbocycles. The molecule has 1 aliphatic heterocycles. The van der Waals surface area contributed by atoms with E-state index >= 15 is 0 Å². The molecule has 1 aliphatic rings. The third-order valence-electron chi connectivity index (χ3n) is 5.76. The molecule has 1 heterocycles. The van der Waals surface area contributed by atoms with Crippen molar-refractivity contribution in [2.45, 2.75) is 19.9 Å². The van der Waals surface area contributed by atoms with Crippen molar-refractivity contribution in [2.75, 3.05) is 26.2 Å². The van der Waals surface area contributed by atoms with Crippen LogP contribution in [0.2, 0.25) is 5.02 Å². The van der Waals surface area contributed by atoms with Crippen molar-refractivity contribution >= 4 is 34.7 Å². The number of quaternary nitrogens is 1. The molecule has 0 aliphatic carbocycles. The molecule has 0 saturated carbocycles. The zero-order chi connectivity index (χ0) is 23.4. The summed E-state index contributed by atoms with van der Waals surface area (Å²) in [6.07, 6.45) is 0. The Morgan fingerprint density at radius 2 is 1.79 bits per heavy atom. The molecule has 33 heavy (non-hydrogen) atoms. The summed E-state index contributed by atoms with van der Waals surface area (Å²) in [6.45, 7) is 6.65. The minimum Gasteiger partial charge on any atom is -1.00 e. The predicted octanol–water partition coefficient (Wildman–Crippen LogP) is -0.401. The van der Waals surface area contributed by atoms with E-state index in [1.807, 2.05) is 13.8 Å². The van der Waals surface area contributed by atoms with E-state index in [1.165, 1.54) is 28.0 Å². The molecule has 1 amide bonds. The molecule has 0 radical (unpaired) electrons. The normalized spacial score (nSPS) is 17.3. The standard InChI is InChI=1S/C23H24ClN3O5.ClH/c1-3-25(4-2)12-13-26-20(16-6-5-7-18(14-16)27(31)32)19(22(29)23(26)30)21(28)15-8-10-17(24)11-9-15;/h5-11,14,20,28H,3-4,12-13H2,1-2H3;1H/b21-19-;. The number of aliphatic hydroxyl groups is 1. The van der Waals surface area contributed by atoms with Gasteiger partial charge in [0.05, 0.1) is 42.7 Å². The van der Waals surface area contributed by atoms with E-state index in [0.717, 1.165) is 13.1 Å². The second kappa shape index (κ2) is 11.3. The maximum atomic E-state index is 13.0. The number of Topliss-reactive ketones (excluding diaryl/α,β-unsaturated/α-hetero) is 1. The predicted molar refractivity (Wildman–Crippen MR) is 120 cm³/mol. The first-order valence-electron chi connectivity index (χ1n) is 10.4.